The van der Waals surface area contributed by atoms with E-state index in [9.17, 15) is 0 Å². The van der Waals surface area contributed by atoms with Gasteiger partial charge < -0.3 is 90.1 Å². The molecule has 4 rings (SSSR count). The maximum absolute atomic E-state index is 4.76. The van der Waals surface area contributed by atoms with Crippen molar-refractivity contribution < 1.29 is 19.5 Å². The second-order valence-corrected chi connectivity index (χ2v) is 26.5. The summed E-state index contributed by atoms with van der Waals surface area (Å²) in [6, 6.07) is 37.5. The van der Waals surface area contributed by atoms with Gasteiger partial charge in [-0.25, -0.2) is 0 Å². The van der Waals surface area contributed by atoms with E-state index in [0.29, 0.717) is 13.0 Å². The Kier molecular flexibility index (Phi) is 25.7. The predicted molar refractivity (Wildman–Crippen MR) is 303 cm³/mol. The molecule has 64 heavy (non-hydrogen) atoms. The van der Waals surface area contributed by atoms with Crippen molar-refractivity contribution in [3.8, 4) is 0 Å². The molecule has 0 aliphatic carbocycles. The molecular weight excluding hydrogens is 967 g/mol. The zero-order valence-electron chi connectivity index (χ0n) is 41.4. The van der Waals surface area contributed by atoms with Crippen LogP contribution in [0.3, 0.4) is 0 Å². The smallest absolute Gasteiger partial charge is 0.412 e. The Balaban J connectivity index is 0.000000735. The Morgan fingerprint density at radius 2 is 0.688 bits per heavy atom. The Morgan fingerprint density at radius 1 is 0.453 bits per heavy atom. The molecule has 0 heterocycles. The van der Waals surface area contributed by atoms with E-state index in [-0.39, 0.29) is 41.1 Å². The van der Waals surface area contributed by atoms with Gasteiger partial charge in [0.15, 0.2) is 0 Å². The zero-order valence-corrected chi connectivity index (χ0v) is 50.2. The fourth-order valence-electron chi connectivity index (χ4n) is 7.85. The minimum Gasteiger partial charge on any atom is -0.412 e. The molecule has 0 aliphatic heterocycles. The Labute approximate surface area is 437 Å². The predicted octanol–water partition coefficient (Wildman–Crippen LogP) is 12.0. The van der Waals surface area contributed by atoms with Gasteiger partial charge in [-0.3, -0.25) is 0 Å². The minimum absolute atomic E-state index is 0. The van der Waals surface area contributed by atoms with E-state index in [0.717, 1.165) is 39.0 Å². The third kappa shape index (κ3) is 17.7. The molecular formula is C53H76N3PS6Zn. The SMILES string of the molecule is CC(C)(C)c1ccccc1[P+](c1ccccc1C(C)(C)C)(c1ccccc1C(C)(C)C)c1ccccc1C(C)(C)C.CCN(CC)C(=S)[S-].S=C([S-])NCCCCCCNC(=S)[S-].[Zn+2]. The van der Waals surface area contributed by atoms with Crippen LogP contribution in [0, 0.1) is 0 Å². The summed E-state index contributed by atoms with van der Waals surface area (Å²) < 4.78 is 1.50. The van der Waals surface area contributed by atoms with Crippen molar-refractivity contribution in [3.05, 3.63) is 119 Å². The van der Waals surface area contributed by atoms with E-state index < -0.39 is 7.26 Å². The molecule has 0 radical (unpaired) electrons. The number of nitrogens with one attached hydrogen (secondary N) is 2. The van der Waals surface area contributed by atoms with Crippen molar-refractivity contribution in [3.63, 3.8) is 0 Å². The summed E-state index contributed by atoms with van der Waals surface area (Å²) in [5.74, 6) is 0. The van der Waals surface area contributed by atoms with Gasteiger partial charge in [-0.2, -0.15) is 0 Å². The van der Waals surface area contributed by atoms with E-state index in [2.05, 4.69) is 191 Å². The summed E-state index contributed by atoms with van der Waals surface area (Å²) in [5.41, 5.74) is 5.65. The van der Waals surface area contributed by atoms with Gasteiger partial charge in [0.2, 0.25) is 0 Å². The number of benzene rings is 4. The molecule has 2 N–H and O–H groups in total. The molecule has 0 unspecified atom stereocenters. The van der Waals surface area contributed by atoms with Crippen LogP contribution in [-0.2, 0) is 79.0 Å². The monoisotopic (exact) mass is 1040 g/mol. The minimum atomic E-state index is -2.44. The van der Waals surface area contributed by atoms with Crippen LogP contribution in [0.25, 0.3) is 0 Å². The standard InChI is InChI=1S/C40H52P.C8H16N2S4.C5H11NS2.Zn/c1-37(2,3)29-21-13-17-25-33(29)41(34-26-18-14-22-30(34)38(4,5)6,35-27-19-15-23-31(35)39(7,8)9)36-28-20-16-24-32(36)40(10,11)12;11-7(12)9-5-3-1-2-4-6-10-8(13)14;1-3-6(4-2)5(7)8;/h13-28H,1-12H3;1-6H2,(H2,9,11,12)(H2,10,13,14);3-4H2,1-2H3,(H,7,8);/q+1;;;+2/p-3. The molecule has 0 spiro atoms. The van der Waals surface area contributed by atoms with Crippen LogP contribution in [0.2, 0.25) is 0 Å². The molecule has 0 bridgehead atoms. The third-order valence-electron chi connectivity index (χ3n) is 11.0. The van der Waals surface area contributed by atoms with Crippen molar-refractivity contribution in [2.24, 2.45) is 0 Å². The Bertz CT molecular complexity index is 1820. The quantitative estimate of drug-likeness (QED) is 0.0447. The fraction of sp³-hybridized carbons (Fsp3) is 0.491. The number of rotatable bonds is 13. The van der Waals surface area contributed by atoms with E-state index in [4.69, 9.17) is 74.5 Å². The van der Waals surface area contributed by atoms with Crippen molar-refractivity contribution >= 4 is 116 Å². The fourth-order valence-corrected chi connectivity index (χ4v) is 14.7. The van der Waals surface area contributed by atoms with E-state index in [1.165, 1.54) is 56.3 Å². The van der Waals surface area contributed by atoms with Gasteiger partial charge in [0.05, 0.1) is 0 Å². The number of hydrogen-bond donors (Lipinski definition) is 2. The van der Waals surface area contributed by atoms with Crippen LogP contribution in [-0.4, -0.2) is 44.0 Å². The van der Waals surface area contributed by atoms with Gasteiger partial charge in [0, 0.05) is 48.4 Å². The normalized spacial score (nSPS) is 11.7. The number of thiocarbonyl (C=S) groups is 3. The van der Waals surface area contributed by atoms with Crippen LogP contribution >= 0.6 is 43.9 Å². The molecule has 3 nitrogen and oxygen atoms in total. The first-order chi connectivity index (χ1) is 29.3. The van der Waals surface area contributed by atoms with Gasteiger partial charge in [-0.15, -0.1) is 0 Å². The van der Waals surface area contributed by atoms with Crippen molar-refractivity contribution in [2.75, 3.05) is 26.2 Å². The van der Waals surface area contributed by atoms with E-state index >= 15 is 0 Å². The van der Waals surface area contributed by atoms with Gasteiger partial charge in [0.1, 0.15) is 28.5 Å². The molecule has 11 heteroatoms. The molecule has 4 aromatic rings. The van der Waals surface area contributed by atoms with Crippen LogP contribution in [0.5, 0.6) is 0 Å². The molecule has 346 valence electrons. The first kappa shape index (κ1) is 60.3. The molecule has 0 aromatic heterocycles. The van der Waals surface area contributed by atoms with Crippen molar-refractivity contribution in [2.45, 2.75) is 144 Å². The van der Waals surface area contributed by atoms with E-state index in [1.807, 2.05) is 18.7 Å². The molecule has 0 fully saturated rings. The summed E-state index contributed by atoms with van der Waals surface area (Å²) in [6.45, 7) is 36.2. The second kappa shape index (κ2) is 27.3. The van der Waals surface area contributed by atoms with E-state index in [1.54, 1.807) is 0 Å². The average molecular weight is 1040 g/mol. The molecule has 4 aromatic carbocycles. The first-order valence-corrected chi connectivity index (χ1v) is 26.6. The van der Waals surface area contributed by atoms with Crippen LogP contribution in [0.15, 0.2) is 97.1 Å². The number of hydrogen-bond acceptors (Lipinski definition) is 6. The molecule has 0 saturated heterocycles. The van der Waals surface area contributed by atoms with Crippen LogP contribution in [0.4, 0.5) is 0 Å². The van der Waals surface area contributed by atoms with Crippen molar-refractivity contribution in [1.29, 1.82) is 0 Å². The van der Waals surface area contributed by atoms with Gasteiger partial charge >= 0.3 is 19.5 Å². The largest absolute Gasteiger partial charge is 2.00 e. The molecule has 0 saturated carbocycles. The van der Waals surface area contributed by atoms with Gasteiger partial charge in [-0.1, -0.05) is 182 Å². The van der Waals surface area contributed by atoms with Gasteiger partial charge in [0.25, 0.3) is 0 Å². The van der Waals surface area contributed by atoms with Crippen molar-refractivity contribution in [1.82, 2.24) is 15.5 Å². The first-order valence-electron chi connectivity index (χ1n) is 22.4. The third-order valence-corrected chi connectivity index (χ3v) is 16.5. The van der Waals surface area contributed by atoms with Gasteiger partial charge in [-0.05, 0) is 72.6 Å². The number of unbranched alkanes of at least 4 members (excludes halogenated alkanes) is 3. The van der Waals surface area contributed by atoms with Crippen LogP contribution < -0.4 is 31.9 Å². The summed E-state index contributed by atoms with van der Waals surface area (Å²) in [5, 5.41) is 11.8. The summed E-state index contributed by atoms with van der Waals surface area (Å²) in [7, 11) is -2.44. The topological polar surface area (TPSA) is 27.3 Å². The zero-order chi connectivity index (χ0) is 47.8. The maximum Gasteiger partial charge on any atom is 2.00 e. The number of nitrogens with zero attached hydrogens (tertiary/aromatic N) is 1. The molecule has 0 aliphatic rings. The molecule has 0 atom stereocenters. The van der Waals surface area contributed by atoms with Crippen LogP contribution in [0.1, 0.15) is 145 Å². The summed E-state index contributed by atoms with van der Waals surface area (Å²) >= 11 is 28.4. The average Bonchev–Trinajstić information content (AvgIpc) is 3.19. The Morgan fingerprint density at radius 3 is 0.859 bits per heavy atom. The molecule has 0 amide bonds. The Hall–Kier alpha value is -1.74. The second-order valence-electron chi connectivity index (χ2n) is 20.0. The maximum atomic E-state index is 4.76. The summed E-state index contributed by atoms with van der Waals surface area (Å²) in [6.07, 6.45) is 4.57. The summed E-state index contributed by atoms with van der Waals surface area (Å²) in [4.78, 5) is 1.96.